The van der Waals surface area contributed by atoms with Crippen molar-refractivity contribution < 1.29 is 9.50 Å². The van der Waals surface area contributed by atoms with E-state index in [9.17, 15) is 9.50 Å². The fraction of sp³-hybridized carbons (Fsp3) is 0.136. The van der Waals surface area contributed by atoms with E-state index in [1.54, 1.807) is 24.3 Å². The van der Waals surface area contributed by atoms with Crippen molar-refractivity contribution in [3.8, 4) is 5.75 Å². The van der Waals surface area contributed by atoms with E-state index in [0.29, 0.717) is 13.0 Å². The van der Waals surface area contributed by atoms with Gasteiger partial charge in [-0.25, -0.2) is 9.37 Å². The van der Waals surface area contributed by atoms with Gasteiger partial charge in [-0.3, -0.25) is 0 Å². The van der Waals surface area contributed by atoms with Gasteiger partial charge in [0, 0.05) is 6.54 Å². The monoisotopic (exact) mass is 361 g/mol. The van der Waals surface area contributed by atoms with Gasteiger partial charge >= 0.3 is 0 Å². The molecule has 3 aromatic carbocycles. The molecule has 0 bridgehead atoms. The lowest BCUT2D eigenvalue weighted by Gasteiger charge is -2.15. The highest BCUT2D eigenvalue weighted by Crippen LogP contribution is 2.24. The summed E-state index contributed by atoms with van der Waals surface area (Å²) in [5.41, 5.74) is 10.4. The van der Waals surface area contributed by atoms with E-state index in [1.165, 1.54) is 12.1 Å². The van der Waals surface area contributed by atoms with Crippen LogP contribution >= 0.6 is 0 Å². The predicted molar refractivity (Wildman–Crippen MR) is 104 cm³/mol. The summed E-state index contributed by atoms with van der Waals surface area (Å²) in [5.74, 6) is 0.767. The number of aromatic nitrogens is 2. The molecule has 3 N–H and O–H groups in total. The molecular formula is C22H20FN3O. The normalized spacial score (nSPS) is 12.4. The number of rotatable bonds is 5. The van der Waals surface area contributed by atoms with Crippen molar-refractivity contribution in [2.75, 3.05) is 0 Å². The average molecular weight is 361 g/mol. The highest BCUT2D eigenvalue weighted by molar-refractivity contribution is 5.76. The Hall–Kier alpha value is -3.18. The number of hydrogen-bond acceptors (Lipinski definition) is 3. The number of phenolic OH excluding ortho intramolecular Hbond substituents is 1. The lowest BCUT2D eigenvalue weighted by Crippen LogP contribution is -2.19. The quantitative estimate of drug-likeness (QED) is 0.561. The second-order valence-corrected chi connectivity index (χ2v) is 6.65. The van der Waals surface area contributed by atoms with Crippen LogP contribution in [0.5, 0.6) is 5.75 Å². The van der Waals surface area contributed by atoms with Gasteiger partial charge in [-0.15, -0.1) is 0 Å². The second kappa shape index (κ2) is 7.21. The fourth-order valence-corrected chi connectivity index (χ4v) is 3.29. The first-order valence-corrected chi connectivity index (χ1v) is 8.83. The van der Waals surface area contributed by atoms with Gasteiger partial charge in [0.15, 0.2) is 0 Å². The number of nitrogens with two attached hydrogens (primary N) is 1. The third-order valence-electron chi connectivity index (χ3n) is 4.66. The SMILES string of the molecule is NC(Cc1ccc(O)cc1)c1nc2ccccc2n1Cc1ccc(F)cc1. The molecule has 1 unspecified atom stereocenters. The van der Waals surface area contributed by atoms with Crippen LogP contribution in [-0.4, -0.2) is 14.7 Å². The van der Waals surface area contributed by atoms with Crippen molar-refractivity contribution in [2.24, 2.45) is 5.73 Å². The molecule has 5 heteroatoms. The van der Waals surface area contributed by atoms with Crippen LogP contribution in [0.3, 0.4) is 0 Å². The zero-order valence-electron chi connectivity index (χ0n) is 14.7. The summed E-state index contributed by atoms with van der Waals surface area (Å²) in [7, 11) is 0. The van der Waals surface area contributed by atoms with Gasteiger partial charge in [0.05, 0.1) is 17.1 Å². The largest absolute Gasteiger partial charge is 0.508 e. The Labute approximate surface area is 156 Å². The first-order chi connectivity index (χ1) is 13.1. The van der Waals surface area contributed by atoms with Crippen LogP contribution in [0.1, 0.15) is 23.0 Å². The molecule has 1 aromatic heterocycles. The summed E-state index contributed by atoms with van der Waals surface area (Å²) in [5, 5.41) is 9.46. The Morgan fingerprint density at radius 3 is 2.33 bits per heavy atom. The Balaban J connectivity index is 1.70. The minimum atomic E-state index is -0.303. The van der Waals surface area contributed by atoms with Crippen LogP contribution in [0.25, 0.3) is 11.0 Å². The highest BCUT2D eigenvalue weighted by atomic mass is 19.1. The molecule has 1 atom stereocenters. The van der Waals surface area contributed by atoms with Gasteiger partial charge in [-0.05, 0) is 53.9 Å². The molecule has 136 valence electrons. The zero-order chi connectivity index (χ0) is 18.8. The number of halogens is 1. The molecule has 0 aliphatic rings. The van der Waals surface area contributed by atoms with Crippen LogP contribution in [0.2, 0.25) is 0 Å². The van der Waals surface area contributed by atoms with Gasteiger partial charge < -0.3 is 15.4 Å². The maximum atomic E-state index is 13.2. The summed E-state index contributed by atoms with van der Waals surface area (Å²) in [6, 6.07) is 21.1. The minimum Gasteiger partial charge on any atom is -0.508 e. The summed E-state index contributed by atoms with van der Waals surface area (Å²) >= 11 is 0. The average Bonchev–Trinajstić information content (AvgIpc) is 3.04. The van der Waals surface area contributed by atoms with Gasteiger partial charge in [-0.2, -0.15) is 0 Å². The van der Waals surface area contributed by atoms with Crippen molar-refractivity contribution in [2.45, 2.75) is 19.0 Å². The Morgan fingerprint density at radius 2 is 1.59 bits per heavy atom. The predicted octanol–water partition coefficient (Wildman–Crippen LogP) is 4.17. The van der Waals surface area contributed by atoms with E-state index in [4.69, 9.17) is 10.7 Å². The molecule has 27 heavy (non-hydrogen) atoms. The van der Waals surface area contributed by atoms with E-state index in [-0.39, 0.29) is 17.6 Å². The topological polar surface area (TPSA) is 64.1 Å². The number of benzene rings is 3. The third-order valence-corrected chi connectivity index (χ3v) is 4.66. The van der Waals surface area contributed by atoms with Gasteiger partial charge in [0.1, 0.15) is 17.4 Å². The highest BCUT2D eigenvalue weighted by Gasteiger charge is 2.18. The standard InChI is InChI=1S/C22H20FN3O/c23-17-9-5-16(6-10-17)14-26-21-4-2-1-3-20(21)25-22(26)19(24)13-15-7-11-18(27)12-8-15/h1-12,19,27H,13-14,24H2. The smallest absolute Gasteiger partial charge is 0.127 e. The Morgan fingerprint density at radius 1 is 0.926 bits per heavy atom. The van der Waals surface area contributed by atoms with Crippen molar-refractivity contribution in [3.05, 3.63) is 95.6 Å². The first-order valence-electron chi connectivity index (χ1n) is 8.83. The second-order valence-electron chi connectivity index (χ2n) is 6.65. The molecule has 0 amide bonds. The molecule has 4 rings (SSSR count). The first kappa shape index (κ1) is 17.2. The number of para-hydroxylation sites is 2. The number of aromatic hydroxyl groups is 1. The Kier molecular flexibility index (Phi) is 4.60. The third kappa shape index (κ3) is 3.68. The minimum absolute atomic E-state index is 0.232. The number of hydrogen-bond donors (Lipinski definition) is 2. The van der Waals surface area contributed by atoms with E-state index >= 15 is 0 Å². The van der Waals surface area contributed by atoms with E-state index in [2.05, 4.69) is 4.57 Å². The van der Waals surface area contributed by atoms with Crippen molar-refractivity contribution in [3.63, 3.8) is 0 Å². The lowest BCUT2D eigenvalue weighted by atomic mass is 10.1. The maximum absolute atomic E-state index is 13.2. The summed E-state index contributed by atoms with van der Waals surface area (Å²) in [4.78, 5) is 4.75. The molecule has 1 heterocycles. The molecule has 0 aliphatic heterocycles. The van der Waals surface area contributed by atoms with E-state index < -0.39 is 0 Å². The summed E-state index contributed by atoms with van der Waals surface area (Å²) in [6.45, 7) is 0.569. The molecule has 0 fully saturated rings. The van der Waals surface area contributed by atoms with Gasteiger partial charge in [0.25, 0.3) is 0 Å². The van der Waals surface area contributed by atoms with Gasteiger partial charge in [-0.1, -0.05) is 36.4 Å². The van der Waals surface area contributed by atoms with Crippen molar-refractivity contribution in [1.82, 2.24) is 9.55 Å². The van der Waals surface area contributed by atoms with Crippen LogP contribution in [0.15, 0.2) is 72.8 Å². The molecule has 4 nitrogen and oxygen atoms in total. The molecule has 0 aliphatic carbocycles. The number of nitrogens with zero attached hydrogens (tertiary/aromatic N) is 2. The van der Waals surface area contributed by atoms with Crippen molar-refractivity contribution >= 4 is 11.0 Å². The molecular weight excluding hydrogens is 341 g/mol. The number of imidazole rings is 1. The maximum Gasteiger partial charge on any atom is 0.127 e. The summed E-state index contributed by atoms with van der Waals surface area (Å²) < 4.78 is 15.3. The zero-order valence-corrected chi connectivity index (χ0v) is 14.7. The van der Waals surface area contributed by atoms with E-state index in [1.807, 2.05) is 36.4 Å². The van der Waals surface area contributed by atoms with Crippen LogP contribution in [-0.2, 0) is 13.0 Å². The van der Waals surface area contributed by atoms with Crippen LogP contribution in [0.4, 0.5) is 4.39 Å². The number of phenols is 1. The molecule has 0 saturated heterocycles. The molecule has 0 radical (unpaired) electrons. The Bertz CT molecular complexity index is 1060. The van der Waals surface area contributed by atoms with Gasteiger partial charge in [0.2, 0.25) is 0 Å². The van der Waals surface area contributed by atoms with Crippen molar-refractivity contribution in [1.29, 1.82) is 0 Å². The number of fused-ring (bicyclic) bond motifs is 1. The molecule has 0 saturated carbocycles. The van der Waals surface area contributed by atoms with Crippen LogP contribution in [0, 0.1) is 5.82 Å². The summed E-state index contributed by atoms with van der Waals surface area (Å²) in [6.07, 6.45) is 0.604. The lowest BCUT2D eigenvalue weighted by molar-refractivity contribution is 0.475. The molecule has 0 spiro atoms. The van der Waals surface area contributed by atoms with Crippen LogP contribution < -0.4 is 5.73 Å². The molecule has 4 aromatic rings. The van der Waals surface area contributed by atoms with E-state index in [0.717, 1.165) is 28.0 Å². The fourth-order valence-electron chi connectivity index (χ4n) is 3.29.